The molecule has 0 aromatic heterocycles. The van der Waals surface area contributed by atoms with Crippen LogP contribution in [-0.2, 0) is 0 Å². The van der Waals surface area contributed by atoms with E-state index in [1.807, 2.05) is 0 Å². The van der Waals surface area contributed by atoms with Crippen molar-refractivity contribution in [3.63, 3.8) is 0 Å². The van der Waals surface area contributed by atoms with Crippen molar-refractivity contribution >= 4 is 5.69 Å². The lowest BCUT2D eigenvalue weighted by Gasteiger charge is -2.35. The molecule has 0 bridgehead atoms. The van der Waals surface area contributed by atoms with Crippen LogP contribution in [-0.4, -0.2) is 31.3 Å². The standard InChI is InChI=1S/C16H26N2O/c1-4-17-12(2)14-5-7-15(8-6-14)18(3)11-13-9-16(19)10-13/h5-8,12-13,16-17,19H,4,9-11H2,1-3H3. The highest BCUT2D eigenvalue weighted by molar-refractivity contribution is 5.47. The van der Waals surface area contributed by atoms with Gasteiger partial charge in [0.25, 0.3) is 0 Å². The molecule has 1 aliphatic rings. The SMILES string of the molecule is CCNC(C)c1ccc(N(C)CC2CC(O)C2)cc1. The molecule has 106 valence electrons. The van der Waals surface area contributed by atoms with E-state index >= 15 is 0 Å². The lowest BCUT2D eigenvalue weighted by molar-refractivity contribution is 0.0465. The number of nitrogens with zero attached hydrogens (tertiary/aromatic N) is 1. The Balaban J connectivity index is 1.90. The van der Waals surface area contributed by atoms with E-state index in [1.165, 1.54) is 11.3 Å². The molecule has 0 heterocycles. The summed E-state index contributed by atoms with van der Waals surface area (Å²) in [6.07, 6.45) is 1.86. The highest BCUT2D eigenvalue weighted by Crippen LogP contribution is 2.29. The summed E-state index contributed by atoms with van der Waals surface area (Å²) in [4.78, 5) is 2.29. The Morgan fingerprint density at radius 2 is 1.95 bits per heavy atom. The zero-order valence-corrected chi connectivity index (χ0v) is 12.3. The van der Waals surface area contributed by atoms with Crippen LogP contribution in [0.5, 0.6) is 0 Å². The largest absolute Gasteiger partial charge is 0.393 e. The topological polar surface area (TPSA) is 35.5 Å². The average molecular weight is 262 g/mol. The monoisotopic (exact) mass is 262 g/mol. The first kappa shape index (κ1) is 14.4. The summed E-state index contributed by atoms with van der Waals surface area (Å²) in [5, 5.41) is 12.7. The van der Waals surface area contributed by atoms with Gasteiger partial charge in [0, 0.05) is 25.3 Å². The summed E-state index contributed by atoms with van der Waals surface area (Å²) in [5.41, 5.74) is 2.59. The van der Waals surface area contributed by atoms with Gasteiger partial charge in [0.15, 0.2) is 0 Å². The third-order valence-electron chi connectivity index (χ3n) is 4.09. The molecule has 2 rings (SSSR count). The molecule has 2 N–H and O–H groups in total. The quantitative estimate of drug-likeness (QED) is 0.827. The van der Waals surface area contributed by atoms with Crippen LogP contribution in [0.1, 0.15) is 38.3 Å². The fraction of sp³-hybridized carbons (Fsp3) is 0.625. The molecule has 0 spiro atoms. The van der Waals surface area contributed by atoms with E-state index in [0.29, 0.717) is 12.0 Å². The average Bonchev–Trinajstić information content (AvgIpc) is 2.37. The van der Waals surface area contributed by atoms with Gasteiger partial charge >= 0.3 is 0 Å². The van der Waals surface area contributed by atoms with E-state index in [9.17, 15) is 5.11 Å². The van der Waals surface area contributed by atoms with Crippen LogP contribution in [0.2, 0.25) is 0 Å². The predicted molar refractivity (Wildman–Crippen MR) is 80.5 cm³/mol. The number of hydrogen-bond donors (Lipinski definition) is 2. The van der Waals surface area contributed by atoms with Gasteiger partial charge in [-0.3, -0.25) is 0 Å². The van der Waals surface area contributed by atoms with Crippen LogP contribution in [0.3, 0.4) is 0 Å². The molecule has 1 aliphatic carbocycles. The van der Waals surface area contributed by atoms with Crippen LogP contribution in [0.25, 0.3) is 0 Å². The highest BCUT2D eigenvalue weighted by atomic mass is 16.3. The van der Waals surface area contributed by atoms with Gasteiger partial charge in [0.05, 0.1) is 6.10 Å². The van der Waals surface area contributed by atoms with Crippen molar-refractivity contribution in [2.75, 3.05) is 25.0 Å². The molecular formula is C16H26N2O. The first-order chi connectivity index (χ1) is 9.10. The molecule has 1 atom stereocenters. The number of aliphatic hydroxyl groups excluding tert-OH is 1. The van der Waals surface area contributed by atoms with E-state index in [0.717, 1.165) is 25.9 Å². The number of hydrogen-bond acceptors (Lipinski definition) is 3. The number of aliphatic hydroxyl groups is 1. The molecule has 1 fully saturated rings. The molecule has 0 aliphatic heterocycles. The Morgan fingerprint density at radius 1 is 1.32 bits per heavy atom. The van der Waals surface area contributed by atoms with Crippen molar-refractivity contribution in [3.8, 4) is 0 Å². The minimum atomic E-state index is -0.0539. The molecule has 1 aromatic rings. The highest BCUT2D eigenvalue weighted by Gasteiger charge is 2.27. The van der Waals surface area contributed by atoms with Crippen LogP contribution in [0.15, 0.2) is 24.3 Å². The van der Waals surface area contributed by atoms with Crippen molar-refractivity contribution in [2.45, 2.75) is 38.8 Å². The third kappa shape index (κ3) is 3.71. The molecule has 3 heteroatoms. The summed E-state index contributed by atoms with van der Waals surface area (Å²) in [6.45, 7) is 6.36. The van der Waals surface area contributed by atoms with Crippen molar-refractivity contribution in [2.24, 2.45) is 5.92 Å². The number of nitrogens with one attached hydrogen (secondary N) is 1. The normalized spacial score (nSPS) is 23.8. The Kier molecular flexibility index (Phi) is 4.83. The third-order valence-corrected chi connectivity index (χ3v) is 4.09. The maximum Gasteiger partial charge on any atom is 0.0546 e. The van der Waals surface area contributed by atoms with Crippen LogP contribution in [0, 0.1) is 5.92 Å². The minimum Gasteiger partial charge on any atom is -0.393 e. The zero-order valence-electron chi connectivity index (χ0n) is 12.3. The van der Waals surface area contributed by atoms with E-state index in [2.05, 4.69) is 55.4 Å². The molecule has 0 saturated heterocycles. The van der Waals surface area contributed by atoms with Gasteiger partial charge in [-0.25, -0.2) is 0 Å². The molecule has 1 unspecified atom stereocenters. The molecule has 0 radical (unpaired) electrons. The maximum absolute atomic E-state index is 9.32. The van der Waals surface area contributed by atoms with Gasteiger partial charge in [-0.05, 0) is 49.9 Å². The molecule has 0 amide bonds. The molecular weight excluding hydrogens is 236 g/mol. The lowest BCUT2D eigenvalue weighted by Crippen LogP contribution is -2.37. The van der Waals surface area contributed by atoms with E-state index in [4.69, 9.17) is 0 Å². The zero-order chi connectivity index (χ0) is 13.8. The van der Waals surface area contributed by atoms with Gasteiger partial charge in [-0.1, -0.05) is 19.1 Å². The first-order valence-corrected chi connectivity index (χ1v) is 7.32. The summed E-state index contributed by atoms with van der Waals surface area (Å²) < 4.78 is 0. The van der Waals surface area contributed by atoms with E-state index in [-0.39, 0.29) is 6.10 Å². The summed E-state index contributed by atoms with van der Waals surface area (Å²) in [5.74, 6) is 0.653. The fourth-order valence-electron chi connectivity index (χ4n) is 2.78. The number of rotatable bonds is 6. The second-order valence-corrected chi connectivity index (χ2v) is 5.74. The van der Waals surface area contributed by atoms with E-state index < -0.39 is 0 Å². The fourth-order valence-corrected chi connectivity index (χ4v) is 2.78. The van der Waals surface area contributed by atoms with Crippen LogP contribution >= 0.6 is 0 Å². The summed E-state index contributed by atoms with van der Waals surface area (Å²) >= 11 is 0. The van der Waals surface area contributed by atoms with Gasteiger partial charge in [0.2, 0.25) is 0 Å². The van der Waals surface area contributed by atoms with Crippen molar-refractivity contribution in [3.05, 3.63) is 29.8 Å². The Hall–Kier alpha value is -1.06. The Labute approximate surface area is 116 Å². The minimum absolute atomic E-state index is 0.0539. The molecule has 3 nitrogen and oxygen atoms in total. The van der Waals surface area contributed by atoms with Gasteiger partial charge in [-0.2, -0.15) is 0 Å². The Bertz CT molecular complexity index is 384. The first-order valence-electron chi connectivity index (χ1n) is 7.32. The summed E-state index contributed by atoms with van der Waals surface area (Å²) in [7, 11) is 2.13. The second kappa shape index (κ2) is 6.40. The van der Waals surface area contributed by atoms with Crippen molar-refractivity contribution < 1.29 is 5.11 Å². The van der Waals surface area contributed by atoms with Crippen molar-refractivity contribution in [1.82, 2.24) is 5.32 Å². The number of benzene rings is 1. The molecule has 19 heavy (non-hydrogen) atoms. The lowest BCUT2D eigenvalue weighted by atomic mass is 9.82. The van der Waals surface area contributed by atoms with Gasteiger partial charge < -0.3 is 15.3 Å². The predicted octanol–water partition coefficient (Wildman–Crippen LogP) is 2.56. The Morgan fingerprint density at radius 3 is 2.47 bits per heavy atom. The molecule has 1 saturated carbocycles. The molecule has 1 aromatic carbocycles. The van der Waals surface area contributed by atoms with Crippen LogP contribution in [0.4, 0.5) is 5.69 Å². The van der Waals surface area contributed by atoms with Gasteiger partial charge in [-0.15, -0.1) is 0 Å². The van der Waals surface area contributed by atoms with Crippen LogP contribution < -0.4 is 10.2 Å². The summed E-state index contributed by atoms with van der Waals surface area (Å²) in [6, 6.07) is 9.20. The van der Waals surface area contributed by atoms with E-state index in [1.54, 1.807) is 0 Å². The van der Waals surface area contributed by atoms with Gasteiger partial charge in [0.1, 0.15) is 0 Å². The smallest absolute Gasteiger partial charge is 0.0546 e. The number of anilines is 1. The second-order valence-electron chi connectivity index (χ2n) is 5.74. The maximum atomic E-state index is 9.32. The van der Waals surface area contributed by atoms with Crippen molar-refractivity contribution in [1.29, 1.82) is 0 Å².